The number of ether oxygens (including phenoxy) is 2. The number of carboxylic acid groups (broad SMARTS) is 1. The van der Waals surface area contributed by atoms with E-state index in [0.717, 1.165) is 47.0 Å². The molecule has 1 aromatic heterocycles. The van der Waals surface area contributed by atoms with E-state index in [1.807, 2.05) is 63.2 Å². The first-order valence-electron chi connectivity index (χ1n) is 17.0. The van der Waals surface area contributed by atoms with Crippen LogP contribution in [-0.2, 0) is 25.5 Å². The SMILES string of the molecule is C=C[C@@H]1C[C@]1(NC(=O)[C@@H]1C[C@@H]2CN1C(=O)[C@H](C(C)(C)C)NC(=O)OCCCCCc1ccc3nc(-c4ccccc4)cc(c3c1)O2)C(=O)O. The standard InChI is InChI=1S/C38H44N4O7/c1-5-25-21-38(25,35(45)46)41-33(43)30-19-26-22-42(30)34(44)32(37(2,3)4)40-36(47)48-17-11-7-8-12-23-15-16-28-27(18-23)31(49-26)20-29(39-28)24-13-9-6-10-14-24/h5-6,9-10,13-16,18,20,25-26,30,32H,1,7-8,11-12,17,19,21-22H2,2-4H3,(H,40,47)(H,41,43)(H,45,46)/t25-,26-,30+,32-,38-/m1/s1. The van der Waals surface area contributed by atoms with E-state index in [-0.39, 0.29) is 26.0 Å². The Labute approximate surface area is 286 Å². The molecule has 5 atom stereocenters. The summed E-state index contributed by atoms with van der Waals surface area (Å²) in [6.45, 7) is 9.44. The van der Waals surface area contributed by atoms with Gasteiger partial charge in [0.25, 0.3) is 0 Å². The van der Waals surface area contributed by atoms with Gasteiger partial charge in [-0.05, 0) is 55.2 Å². The summed E-state index contributed by atoms with van der Waals surface area (Å²) in [4.78, 5) is 59.9. The average molecular weight is 669 g/mol. The molecule has 2 aliphatic heterocycles. The summed E-state index contributed by atoms with van der Waals surface area (Å²) in [5, 5.41) is 16.3. The lowest BCUT2D eigenvalue weighted by molar-refractivity contribution is -0.146. The number of carbonyl (C=O) groups is 4. The Hall–Kier alpha value is -4.93. The number of aliphatic carboxylic acids is 1. The van der Waals surface area contributed by atoms with Gasteiger partial charge in [-0.15, -0.1) is 6.58 Å². The largest absolute Gasteiger partial charge is 0.488 e. The van der Waals surface area contributed by atoms with Crippen molar-refractivity contribution in [1.29, 1.82) is 0 Å². The summed E-state index contributed by atoms with van der Waals surface area (Å²) in [6, 6.07) is 15.7. The Morgan fingerprint density at radius 1 is 1.10 bits per heavy atom. The van der Waals surface area contributed by atoms with Crippen molar-refractivity contribution in [3.05, 3.63) is 72.8 Å². The monoisotopic (exact) mass is 668 g/mol. The molecule has 49 heavy (non-hydrogen) atoms. The van der Waals surface area contributed by atoms with Crippen molar-refractivity contribution in [1.82, 2.24) is 20.5 Å². The third kappa shape index (κ3) is 7.11. The van der Waals surface area contributed by atoms with E-state index in [9.17, 15) is 24.3 Å². The van der Waals surface area contributed by atoms with Crippen LogP contribution < -0.4 is 15.4 Å². The second-order valence-corrected chi connectivity index (χ2v) is 14.4. The molecule has 11 heteroatoms. The second-order valence-electron chi connectivity index (χ2n) is 14.4. The number of cyclic esters (lactones) is 1. The zero-order valence-electron chi connectivity index (χ0n) is 28.2. The van der Waals surface area contributed by atoms with E-state index in [1.165, 1.54) is 11.0 Å². The molecule has 4 bridgehead atoms. The van der Waals surface area contributed by atoms with Gasteiger partial charge in [0.15, 0.2) is 0 Å². The fourth-order valence-electron chi connectivity index (χ4n) is 6.87. The van der Waals surface area contributed by atoms with Crippen LogP contribution in [0.4, 0.5) is 4.79 Å². The van der Waals surface area contributed by atoms with Crippen molar-refractivity contribution in [2.24, 2.45) is 11.3 Å². The first-order valence-corrected chi connectivity index (χ1v) is 17.0. The van der Waals surface area contributed by atoms with E-state index < -0.39 is 58.9 Å². The van der Waals surface area contributed by atoms with Gasteiger partial charge >= 0.3 is 12.1 Å². The number of hydrogen-bond donors (Lipinski definition) is 3. The number of rotatable bonds is 5. The fourth-order valence-corrected chi connectivity index (χ4v) is 6.87. The number of benzene rings is 2. The number of amides is 3. The third-order valence-electron chi connectivity index (χ3n) is 9.79. The number of carbonyl (C=O) groups excluding carboxylic acids is 3. The molecule has 1 aliphatic carbocycles. The van der Waals surface area contributed by atoms with E-state index in [0.29, 0.717) is 12.2 Å². The van der Waals surface area contributed by atoms with E-state index in [1.54, 1.807) is 0 Å². The van der Waals surface area contributed by atoms with Gasteiger partial charge in [0, 0.05) is 29.4 Å². The van der Waals surface area contributed by atoms with E-state index in [2.05, 4.69) is 29.3 Å². The minimum atomic E-state index is -1.48. The molecule has 1 saturated heterocycles. The zero-order chi connectivity index (χ0) is 34.9. The lowest BCUT2D eigenvalue weighted by Gasteiger charge is -2.35. The molecule has 0 unspecified atom stereocenters. The molecule has 1 saturated carbocycles. The Bertz CT molecular complexity index is 1770. The van der Waals surface area contributed by atoms with Gasteiger partial charge in [-0.25, -0.2) is 14.6 Å². The Morgan fingerprint density at radius 3 is 2.57 bits per heavy atom. The zero-order valence-corrected chi connectivity index (χ0v) is 28.2. The van der Waals surface area contributed by atoms with Crippen LogP contribution in [-0.4, -0.2) is 75.7 Å². The van der Waals surface area contributed by atoms with Gasteiger partial charge < -0.3 is 30.1 Å². The third-order valence-corrected chi connectivity index (χ3v) is 9.79. The number of fused-ring (bicyclic) bond motifs is 3. The minimum absolute atomic E-state index is 0.0371. The molecule has 2 fully saturated rings. The highest BCUT2D eigenvalue weighted by Gasteiger charge is 2.61. The molecule has 3 heterocycles. The van der Waals surface area contributed by atoms with Gasteiger partial charge in [-0.2, -0.15) is 0 Å². The first kappa shape index (κ1) is 34.0. The number of pyridine rings is 1. The molecule has 0 spiro atoms. The normalized spacial score (nSPS) is 26.1. The first-order chi connectivity index (χ1) is 23.4. The lowest BCUT2D eigenvalue weighted by Crippen LogP contribution is -2.59. The van der Waals surface area contributed by atoms with Crippen LogP contribution in [0.1, 0.15) is 58.4 Å². The molecule has 258 valence electrons. The highest BCUT2D eigenvalue weighted by Crippen LogP contribution is 2.45. The van der Waals surface area contributed by atoms with Gasteiger partial charge in [0.05, 0.1) is 24.4 Å². The topological polar surface area (TPSA) is 147 Å². The maximum Gasteiger partial charge on any atom is 0.407 e. The summed E-state index contributed by atoms with van der Waals surface area (Å²) in [7, 11) is 0. The van der Waals surface area contributed by atoms with Crippen molar-refractivity contribution in [2.45, 2.75) is 83.0 Å². The quantitative estimate of drug-likeness (QED) is 0.312. The Kier molecular flexibility index (Phi) is 9.37. The molecule has 3 amide bonds. The molecule has 2 aromatic carbocycles. The summed E-state index contributed by atoms with van der Waals surface area (Å²) in [5.74, 6) is -2.09. The number of carboxylic acids is 1. The fraction of sp³-hybridized carbons (Fsp3) is 0.447. The maximum absolute atomic E-state index is 14.4. The summed E-state index contributed by atoms with van der Waals surface area (Å²) < 4.78 is 12.2. The smallest absolute Gasteiger partial charge is 0.407 e. The van der Waals surface area contributed by atoms with Crippen molar-refractivity contribution in [3.8, 4) is 17.0 Å². The highest BCUT2D eigenvalue weighted by atomic mass is 16.5. The van der Waals surface area contributed by atoms with Crippen molar-refractivity contribution in [2.75, 3.05) is 13.2 Å². The maximum atomic E-state index is 14.4. The van der Waals surface area contributed by atoms with Gasteiger partial charge in [0.2, 0.25) is 11.8 Å². The molecule has 11 nitrogen and oxygen atoms in total. The summed E-state index contributed by atoms with van der Waals surface area (Å²) in [5.41, 5.74) is 1.28. The molecule has 3 aromatic rings. The summed E-state index contributed by atoms with van der Waals surface area (Å²) in [6.07, 6.45) is 3.73. The van der Waals surface area contributed by atoms with Gasteiger partial charge in [0.1, 0.15) is 29.5 Å². The predicted octanol–water partition coefficient (Wildman–Crippen LogP) is 5.26. The van der Waals surface area contributed by atoms with Gasteiger partial charge in [-0.1, -0.05) is 63.2 Å². The number of nitrogens with one attached hydrogen (secondary N) is 2. The molecular weight excluding hydrogens is 624 g/mol. The van der Waals surface area contributed by atoms with Crippen LogP contribution >= 0.6 is 0 Å². The number of hydrogen-bond acceptors (Lipinski definition) is 7. The van der Waals surface area contributed by atoms with Crippen LogP contribution in [0.25, 0.3) is 22.2 Å². The van der Waals surface area contributed by atoms with Crippen molar-refractivity contribution in [3.63, 3.8) is 0 Å². The molecule has 6 rings (SSSR count). The minimum Gasteiger partial charge on any atom is -0.488 e. The van der Waals surface area contributed by atoms with Crippen LogP contribution in [0.5, 0.6) is 5.75 Å². The van der Waals surface area contributed by atoms with Crippen LogP contribution in [0, 0.1) is 11.3 Å². The molecule has 3 aliphatic rings. The van der Waals surface area contributed by atoms with Crippen LogP contribution in [0.3, 0.4) is 0 Å². The van der Waals surface area contributed by atoms with Crippen molar-refractivity contribution < 1.29 is 33.8 Å². The lowest BCUT2D eigenvalue weighted by atomic mass is 9.85. The highest BCUT2D eigenvalue weighted by molar-refractivity contribution is 5.96. The van der Waals surface area contributed by atoms with E-state index >= 15 is 0 Å². The van der Waals surface area contributed by atoms with Crippen LogP contribution in [0.2, 0.25) is 0 Å². The van der Waals surface area contributed by atoms with Crippen LogP contribution in [0.15, 0.2) is 67.3 Å². The molecule has 0 radical (unpaired) electrons. The number of aromatic nitrogens is 1. The molecule has 3 N–H and O–H groups in total. The number of nitrogens with zero attached hydrogens (tertiary/aromatic N) is 2. The predicted molar refractivity (Wildman–Crippen MR) is 184 cm³/mol. The second kappa shape index (κ2) is 13.5. The van der Waals surface area contributed by atoms with Crippen molar-refractivity contribution >= 4 is 34.8 Å². The average Bonchev–Trinajstić information content (AvgIpc) is 3.63. The Morgan fingerprint density at radius 2 is 1.88 bits per heavy atom. The molecular formula is C38H44N4O7. The number of aryl methyl sites for hydroxylation is 1. The van der Waals surface area contributed by atoms with Gasteiger partial charge in [-0.3, -0.25) is 9.59 Å². The summed E-state index contributed by atoms with van der Waals surface area (Å²) >= 11 is 0. The Balaban J connectivity index is 1.40. The number of alkyl carbamates (subject to hydrolysis) is 1. The van der Waals surface area contributed by atoms with E-state index in [4.69, 9.17) is 14.5 Å².